The van der Waals surface area contributed by atoms with Crippen LogP contribution in [0, 0.1) is 38.0 Å². The minimum Gasteiger partial charge on any atom is -0.459 e. The van der Waals surface area contributed by atoms with Crippen molar-refractivity contribution >= 4 is 23.2 Å². The lowest BCUT2D eigenvalue weighted by Crippen LogP contribution is -2.69. The number of aliphatic hydroxyl groups excluding tert-OH is 2. The van der Waals surface area contributed by atoms with Gasteiger partial charge in [-0.15, -0.1) is 6.58 Å². The second-order valence-corrected chi connectivity index (χ2v) is 14.5. The molecular formula is C42H48N4O12. The van der Waals surface area contributed by atoms with E-state index in [1.165, 1.54) is 48.4 Å². The lowest BCUT2D eigenvalue weighted by Gasteiger charge is -2.59. The maximum absolute atomic E-state index is 14.0. The average molecular weight is 801 g/mol. The third kappa shape index (κ3) is 8.68. The van der Waals surface area contributed by atoms with Gasteiger partial charge in [0.15, 0.2) is 0 Å². The molecule has 0 aromatic heterocycles. The van der Waals surface area contributed by atoms with Crippen molar-refractivity contribution in [3.63, 3.8) is 0 Å². The fraction of sp³-hybridized carbons (Fsp3) is 0.429. The zero-order chi connectivity index (χ0) is 41.4. The Morgan fingerprint density at radius 2 is 1.66 bits per heavy atom. The standard InChI is InChI=1S/C42H48N4O12/c1-4-22-55-42-38(44(2)41(49)57-30-16-14-28(15-17-30)45(50)51)26-36(43-54-3)34-23-27(10-5-7-20-47)33(13-6-8-21-48)39(40(34)42)35-25-32(18-19-37(35)58-42)56-31-12-9-11-29(24-31)46(52)53/h4,9,11-12,14-19,23-25,27,33,38-40,47-48H,1,5-8,10,13,20-22,26H2,2-3H3/t27-,33+,38-,39+,40+,42+/m0/s1. The number of hydrogen-bond donors (Lipinski definition) is 2. The fourth-order valence-corrected chi connectivity index (χ4v) is 8.63. The Kier molecular flexibility index (Phi) is 13.4. The van der Waals surface area contributed by atoms with Crippen LogP contribution in [0.4, 0.5) is 16.2 Å². The minimum atomic E-state index is -1.54. The summed E-state index contributed by atoms with van der Waals surface area (Å²) in [5, 5.41) is 46.9. The quantitative estimate of drug-likeness (QED) is 0.0550. The number of rotatable bonds is 18. The Bertz CT molecular complexity index is 2040. The van der Waals surface area contributed by atoms with Gasteiger partial charge in [-0.2, -0.15) is 0 Å². The first-order chi connectivity index (χ1) is 28.0. The van der Waals surface area contributed by atoms with Gasteiger partial charge in [0.25, 0.3) is 11.4 Å². The third-order valence-corrected chi connectivity index (χ3v) is 11.1. The molecule has 3 aliphatic rings. The number of aliphatic hydroxyl groups is 2. The summed E-state index contributed by atoms with van der Waals surface area (Å²) in [4.78, 5) is 42.6. The predicted molar refractivity (Wildman–Crippen MR) is 212 cm³/mol. The zero-order valence-corrected chi connectivity index (χ0v) is 32.4. The molecule has 1 fully saturated rings. The maximum Gasteiger partial charge on any atom is 0.415 e. The second-order valence-electron chi connectivity index (χ2n) is 14.5. The van der Waals surface area contributed by atoms with E-state index in [1.807, 2.05) is 6.07 Å². The van der Waals surface area contributed by atoms with Gasteiger partial charge in [-0.3, -0.25) is 20.2 Å². The number of non-ortho nitro benzene ring substituents is 2. The first kappa shape index (κ1) is 41.8. The summed E-state index contributed by atoms with van der Waals surface area (Å²) in [6, 6.07) is 15.6. The summed E-state index contributed by atoms with van der Waals surface area (Å²) >= 11 is 0. The molecule has 3 aromatic rings. The Balaban J connectivity index is 1.51. The zero-order valence-electron chi connectivity index (χ0n) is 32.4. The van der Waals surface area contributed by atoms with Crippen molar-refractivity contribution in [2.45, 2.75) is 62.7 Å². The van der Waals surface area contributed by atoms with Gasteiger partial charge in [0, 0.05) is 56.4 Å². The van der Waals surface area contributed by atoms with E-state index >= 15 is 0 Å². The molecule has 1 heterocycles. The molecule has 58 heavy (non-hydrogen) atoms. The fourth-order valence-electron chi connectivity index (χ4n) is 8.63. The SMILES string of the molecule is C=CCO[C@@]12Oc3ccc(Oc4cccc([N+](=O)[O-])c4)cc3[C@H]3[C@H](CCCCO)[C@@H](CCCCO)C=C(C(=NOC)C[C@@H]1N(C)C(=O)Oc1ccc([N+](=O)[O-])cc1)[C@H]32. The van der Waals surface area contributed by atoms with Crippen molar-refractivity contribution in [3.05, 3.63) is 117 Å². The van der Waals surface area contributed by atoms with Gasteiger partial charge < -0.3 is 38.9 Å². The van der Waals surface area contributed by atoms with E-state index in [2.05, 4.69) is 17.8 Å². The molecule has 2 aliphatic carbocycles. The molecule has 0 unspecified atom stereocenters. The largest absolute Gasteiger partial charge is 0.459 e. The molecule has 0 spiro atoms. The van der Waals surface area contributed by atoms with Gasteiger partial charge in [-0.1, -0.05) is 36.2 Å². The second kappa shape index (κ2) is 18.6. The summed E-state index contributed by atoms with van der Waals surface area (Å²) in [7, 11) is 3.02. The Morgan fingerprint density at radius 1 is 0.966 bits per heavy atom. The van der Waals surface area contributed by atoms with E-state index in [9.17, 15) is 35.2 Å². The number of nitro groups is 2. The number of nitro benzene ring substituents is 2. The molecule has 16 heteroatoms. The van der Waals surface area contributed by atoms with Gasteiger partial charge in [0.05, 0.1) is 34.1 Å². The first-order valence-corrected chi connectivity index (χ1v) is 19.3. The van der Waals surface area contributed by atoms with Crippen LogP contribution < -0.4 is 14.2 Å². The first-order valence-electron chi connectivity index (χ1n) is 19.3. The normalized spacial score (nSPS) is 23.7. The highest BCUT2D eigenvalue weighted by molar-refractivity contribution is 6.03. The lowest BCUT2D eigenvalue weighted by atomic mass is 9.55. The number of oxime groups is 1. The molecular weight excluding hydrogens is 752 g/mol. The summed E-state index contributed by atoms with van der Waals surface area (Å²) in [6.45, 7) is 4.04. The number of unbranched alkanes of at least 4 members (excludes halogenated alkanes) is 2. The van der Waals surface area contributed by atoms with E-state index in [1.54, 1.807) is 37.4 Å². The minimum absolute atomic E-state index is 0.00525. The van der Waals surface area contributed by atoms with Gasteiger partial charge in [-0.05, 0) is 79.5 Å². The molecule has 2 N–H and O–H groups in total. The number of carbonyl (C=O) groups excluding carboxylic acids is 1. The molecule has 6 atom stereocenters. The summed E-state index contributed by atoms with van der Waals surface area (Å²) in [5.41, 5.74) is 1.93. The highest BCUT2D eigenvalue weighted by atomic mass is 16.7. The van der Waals surface area contributed by atoms with E-state index in [4.69, 9.17) is 23.8 Å². The van der Waals surface area contributed by atoms with Crippen molar-refractivity contribution in [3.8, 4) is 23.0 Å². The molecule has 1 saturated carbocycles. The van der Waals surface area contributed by atoms with Crippen LogP contribution in [0.2, 0.25) is 0 Å². The number of ether oxygens (including phenoxy) is 4. The molecule has 6 rings (SSSR count). The summed E-state index contributed by atoms with van der Waals surface area (Å²) < 4.78 is 25.9. The molecule has 16 nitrogen and oxygen atoms in total. The average Bonchev–Trinajstić information content (AvgIpc) is 3.22. The van der Waals surface area contributed by atoms with Gasteiger partial charge in [-0.25, -0.2) is 4.79 Å². The number of nitrogens with zero attached hydrogens (tertiary/aromatic N) is 4. The Morgan fingerprint density at radius 3 is 2.33 bits per heavy atom. The van der Waals surface area contributed by atoms with Crippen LogP contribution in [0.1, 0.15) is 56.4 Å². The number of hydrogen-bond acceptors (Lipinski definition) is 13. The number of benzene rings is 3. The maximum atomic E-state index is 14.0. The molecule has 0 saturated heterocycles. The summed E-state index contributed by atoms with van der Waals surface area (Å²) in [6.07, 6.45) is 7.31. The van der Waals surface area contributed by atoms with Gasteiger partial charge in [0.1, 0.15) is 36.1 Å². The Labute approximate surface area is 335 Å². The van der Waals surface area contributed by atoms with Gasteiger partial charge >= 0.3 is 6.09 Å². The summed E-state index contributed by atoms with van der Waals surface area (Å²) in [5.74, 6) is -1.26. The van der Waals surface area contributed by atoms with Gasteiger partial charge in [0.2, 0.25) is 5.79 Å². The van der Waals surface area contributed by atoms with Crippen molar-refractivity contribution in [1.29, 1.82) is 0 Å². The third-order valence-electron chi connectivity index (χ3n) is 11.1. The van der Waals surface area contributed by atoms with Crippen LogP contribution in [0.15, 0.2) is 96.2 Å². The van der Waals surface area contributed by atoms with Crippen LogP contribution in [0.25, 0.3) is 0 Å². The van der Waals surface area contributed by atoms with E-state index < -0.39 is 33.7 Å². The molecule has 1 amide bonds. The highest BCUT2D eigenvalue weighted by Crippen LogP contribution is 2.62. The van der Waals surface area contributed by atoms with Crippen molar-refractivity contribution in [2.75, 3.05) is 34.0 Å². The van der Waals surface area contributed by atoms with Crippen LogP contribution in [-0.2, 0) is 9.57 Å². The van der Waals surface area contributed by atoms with Crippen LogP contribution in [0.5, 0.6) is 23.0 Å². The predicted octanol–water partition coefficient (Wildman–Crippen LogP) is 7.69. The van der Waals surface area contributed by atoms with E-state index in [-0.39, 0.29) is 66.9 Å². The van der Waals surface area contributed by atoms with Crippen molar-refractivity contribution in [2.24, 2.45) is 22.9 Å². The number of likely N-dealkylation sites (N-methyl/N-ethyl adjacent to an activating group) is 1. The number of allylic oxidation sites excluding steroid dienone is 1. The number of amides is 1. The Hall–Kier alpha value is -5.84. The number of carbonyl (C=O) groups is 1. The molecule has 1 aliphatic heterocycles. The van der Waals surface area contributed by atoms with Crippen molar-refractivity contribution in [1.82, 2.24) is 4.90 Å². The number of fused-ring (bicyclic) bond motifs is 2. The topological polar surface area (TPSA) is 206 Å². The van der Waals surface area contributed by atoms with Crippen LogP contribution in [0.3, 0.4) is 0 Å². The molecule has 0 bridgehead atoms. The monoisotopic (exact) mass is 800 g/mol. The van der Waals surface area contributed by atoms with Crippen LogP contribution >= 0.6 is 0 Å². The molecule has 3 aromatic carbocycles. The van der Waals surface area contributed by atoms with E-state index in [0.29, 0.717) is 42.9 Å². The molecule has 308 valence electrons. The molecule has 0 radical (unpaired) electrons. The lowest BCUT2D eigenvalue weighted by molar-refractivity contribution is -0.385. The van der Waals surface area contributed by atoms with E-state index in [0.717, 1.165) is 24.0 Å². The van der Waals surface area contributed by atoms with Crippen molar-refractivity contribution < 1.29 is 48.6 Å². The smallest absolute Gasteiger partial charge is 0.415 e. The highest BCUT2D eigenvalue weighted by Gasteiger charge is 2.65. The van der Waals surface area contributed by atoms with Crippen LogP contribution in [-0.4, -0.2) is 82.6 Å².